The minimum atomic E-state index is -4.09. The molecule has 0 bridgehead atoms. The highest BCUT2D eigenvalue weighted by molar-refractivity contribution is 7.89. The number of ketones is 1. The van der Waals surface area contributed by atoms with Crippen LogP contribution >= 0.6 is 23.2 Å². The largest absolute Gasteiger partial charge is 0.497 e. The maximum Gasteiger partial charge on any atom is 0.239 e. The number of nitrogens with two attached hydrogens (primary N) is 1. The highest BCUT2D eigenvalue weighted by Gasteiger charge is 2.20. The molecule has 0 atom stereocenters. The lowest BCUT2D eigenvalue weighted by Gasteiger charge is -2.09. The molecule has 0 amide bonds. The lowest BCUT2D eigenvalue weighted by molar-refractivity contribution is 0.0973. The number of carbonyl (C=O) groups excluding carboxylic acids is 1. The van der Waals surface area contributed by atoms with E-state index in [9.17, 15) is 13.2 Å². The predicted octanol–water partition coefficient (Wildman–Crippen LogP) is 2.88. The van der Waals surface area contributed by atoms with Gasteiger partial charge in [-0.3, -0.25) is 4.79 Å². The zero-order chi connectivity index (χ0) is 19.1. The van der Waals surface area contributed by atoms with E-state index < -0.39 is 15.8 Å². The number of hydrogen-bond acceptors (Lipinski definition) is 5. The molecule has 136 valence electrons. The minimum absolute atomic E-state index is 0.00448. The molecule has 10 heteroatoms. The average Bonchev–Trinajstić information content (AvgIpc) is 2.95. The summed E-state index contributed by atoms with van der Waals surface area (Å²) in [4.78, 5) is 16.5. The number of halogens is 2. The van der Waals surface area contributed by atoms with E-state index in [0.717, 1.165) is 6.07 Å². The summed E-state index contributed by atoms with van der Waals surface area (Å²) in [5, 5.41) is 5.01. The van der Waals surface area contributed by atoms with Gasteiger partial charge < -0.3 is 9.30 Å². The Bertz CT molecular complexity index is 1130. The summed E-state index contributed by atoms with van der Waals surface area (Å²) in [6.07, 6.45) is 1.51. The number of nitrogens with zero attached hydrogens (tertiary/aromatic N) is 2. The van der Waals surface area contributed by atoms with Crippen molar-refractivity contribution in [3.05, 3.63) is 52.3 Å². The normalized spacial score (nSPS) is 11.7. The lowest BCUT2D eigenvalue weighted by Crippen LogP contribution is -2.15. The SMILES string of the molecule is COc1ccc2ncn(CC(=O)c3cc(S(N)(=O)=O)c(Cl)cc3Cl)c2c1. The minimum Gasteiger partial charge on any atom is -0.497 e. The summed E-state index contributed by atoms with van der Waals surface area (Å²) in [7, 11) is -2.55. The van der Waals surface area contributed by atoms with Crippen molar-refractivity contribution in [2.24, 2.45) is 5.14 Å². The van der Waals surface area contributed by atoms with Crippen LogP contribution in [0.1, 0.15) is 10.4 Å². The number of methoxy groups -OCH3 is 1. The molecule has 0 spiro atoms. The second-order valence-electron chi connectivity index (χ2n) is 5.46. The van der Waals surface area contributed by atoms with Gasteiger partial charge in [-0.15, -0.1) is 0 Å². The molecular formula is C16H13Cl2N3O4S. The fourth-order valence-electron chi connectivity index (χ4n) is 2.49. The van der Waals surface area contributed by atoms with Gasteiger partial charge in [0, 0.05) is 11.6 Å². The van der Waals surface area contributed by atoms with Crippen LogP contribution in [0.25, 0.3) is 11.0 Å². The van der Waals surface area contributed by atoms with Gasteiger partial charge in [0.1, 0.15) is 10.6 Å². The maximum absolute atomic E-state index is 12.7. The lowest BCUT2D eigenvalue weighted by atomic mass is 10.1. The number of hydrogen-bond donors (Lipinski definition) is 1. The van der Waals surface area contributed by atoms with Crippen molar-refractivity contribution < 1.29 is 17.9 Å². The van der Waals surface area contributed by atoms with Crippen molar-refractivity contribution in [1.82, 2.24) is 9.55 Å². The molecule has 0 radical (unpaired) electrons. The van der Waals surface area contributed by atoms with E-state index in [1.165, 1.54) is 19.5 Å². The van der Waals surface area contributed by atoms with Crippen molar-refractivity contribution in [3.63, 3.8) is 0 Å². The molecule has 0 saturated carbocycles. The quantitative estimate of drug-likeness (QED) is 0.647. The van der Waals surface area contributed by atoms with Crippen LogP contribution in [-0.4, -0.2) is 30.9 Å². The highest BCUT2D eigenvalue weighted by atomic mass is 35.5. The Kier molecular flexibility index (Phi) is 4.94. The first-order valence-corrected chi connectivity index (χ1v) is 9.55. The third kappa shape index (κ3) is 3.54. The van der Waals surface area contributed by atoms with Crippen molar-refractivity contribution in [3.8, 4) is 5.75 Å². The maximum atomic E-state index is 12.7. The van der Waals surface area contributed by atoms with E-state index in [4.69, 9.17) is 33.1 Å². The van der Waals surface area contributed by atoms with Gasteiger partial charge in [0.15, 0.2) is 5.78 Å². The van der Waals surface area contributed by atoms with Gasteiger partial charge in [0.25, 0.3) is 0 Å². The molecule has 0 unspecified atom stereocenters. The summed E-state index contributed by atoms with van der Waals surface area (Å²) in [5.74, 6) is 0.200. The molecule has 1 aromatic heterocycles. The summed E-state index contributed by atoms with van der Waals surface area (Å²) < 4.78 is 30.0. The van der Waals surface area contributed by atoms with Gasteiger partial charge in [-0.2, -0.15) is 0 Å². The predicted molar refractivity (Wildman–Crippen MR) is 98.5 cm³/mol. The van der Waals surface area contributed by atoms with E-state index in [1.807, 2.05) is 0 Å². The third-order valence-corrected chi connectivity index (χ3v) is 5.46. The Labute approximate surface area is 159 Å². The number of benzene rings is 2. The van der Waals surface area contributed by atoms with E-state index in [1.54, 1.807) is 22.8 Å². The molecule has 3 aromatic rings. The van der Waals surface area contributed by atoms with E-state index in [0.29, 0.717) is 16.8 Å². The third-order valence-electron chi connectivity index (χ3n) is 3.77. The number of carbonyl (C=O) groups is 1. The van der Waals surface area contributed by atoms with Gasteiger partial charge in [-0.1, -0.05) is 23.2 Å². The van der Waals surface area contributed by atoms with Crippen LogP contribution in [0, 0.1) is 0 Å². The topological polar surface area (TPSA) is 104 Å². The Morgan fingerprint density at radius 3 is 2.62 bits per heavy atom. The first kappa shape index (κ1) is 18.7. The van der Waals surface area contributed by atoms with Crippen LogP contribution in [-0.2, 0) is 16.6 Å². The second-order valence-corrected chi connectivity index (χ2v) is 7.80. The van der Waals surface area contributed by atoms with Crippen LogP contribution in [0.5, 0.6) is 5.75 Å². The monoisotopic (exact) mass is 413 g/mol. The zero-order valence-corrected chi connectivity index (χ0v) is 15.8. The number of ether oxygens (including phenoxy) is 1. The smallest absolute Gasteiger partial charge is 0.239 e. The average molecular weight is 414 g/mol. The van der Waals surface area contributed by atoms with E-state index in [2.05, 4.69) is 4.98 Å². The Balaban J connectivity index is 2.01. The van der Waals surface area contributed by atoms with Crippen LogP contribution in [0.2, 0.25) is 10.0 Å². The molecule has 7 nitrogen and oxygen atoms in total. The zero-order valence-electron chi connectivity index (χ0n) is 13.4. The van der Waals surface area contributed by atoms with E-state index >= 15 is 0 Å². The second kappa shape index (κ2) is 6.88. The van der Waals surface area contributed by atoms with Gasteiger partial charge in [-0.05, 0) is 24.3 Å². The van der Waals surface area contributed by atoms with Gasteiger partial charge in [0.05, 0.1) is 41.1 Å². The summed E-state index contributed by atoms with van der Waals surface area (Å²) >= 11 is 11.9. The van der Waals surface area contributed by atoms with Gasteiger partial charge in [-0.25, -0.2) is 18.5 Å². The molecule has 2 N–H and O–H groups in total. The molecule has 3 rings (SSSR count). The number of primary sulfonamides is 1. The van der Waals surface area contributed by atoms with Crippen molar-refractivity contribution >= 4 is 50.0 Å². The molecule has 0 fully saturated rings. The van der Waals surface area contributed by atoms with Crippen LogP contribution in [0.4, 0.5) is 0 Å². The Morgan fingerprint density at radius 2 is 1.96 bits per heavy atom. The van der Waals surface area contributed by atoms with Crippen molar-refractivity contribution in [1.29, 1.82) is 0 Å². The standard InChI is InChI=1S/C16H13Cl2N3O4S/c1-25-9-2-3-13-14(4-9)21(8-20-13)7-15(22)10-5-16(26(19,23)24)12(18)6-11(10)17/h2-6,8H,7H2,1H3,(H2,19,23,24). The highest BCUT2D eigenvalue weighted by Crippen LogP contribution is 2.29. The number of aromatic nitrogens is 2. The number of Topliss-reactive ketones (excluding diaryl/α,β-unsaturated/α-hetero) is 1. The number of fused-ring (bicyclic) bond motifs is 1. The summed E-state index contributed by atoms with van der Waals surface area (Å²) in [5.41, 5.74) is 1.38. The summed E-state index contributed by atoms with van der Waals surface area (Å²) in [6, 6.07) is 7.54. The van der Waals surface area contributed by atoms with E-state index in [-0.39, 0.29) is 27.0 Å². The number of rotatable bonds is 5. The number of sulfonamides is 1. The van der Waals surface area contributed by atoms with Gasteiger partial charge >= 0.3 is 0 Å². The summed E-state index contributed by atoms with van der Waals surface area (Å²) in [6.45, 7) is -0.102. The molecule has 0 aliphatic carbocycles. The molecule has 0 saturated heterocycles. The molecule has 1 heterocycles. The van der Waals surface area contributed by atoms with Crippen LogP contribution in [0.3, 0.4) is 0 Å². The molecule has 0 aliphatic heterocycles. The molecular weight excluding hydrogens is 401 g/mol. The van der Waals surface area contributed by atoms with Gasteiger partial charge in [0.2, 0.25) is 10.0 Å². The van der Waals surface area contributed by atoms with Crippen LogP contribution < -0.4 is 9.88 Å². The Morgan fingerprint density at radius 1 is 1.23 bits per heavy atom. The fraction of sp³-hybridized carbons (Fsp3) is 0.125. The first-order chi connectivity index (χ1) is 12.2. The molecule has 2 aromatic carbocycles. The Hall–Kier alpha value is -2.13. The number of imidazole rings is 1. The first-order valence-electron chi connectivity index (χ1n) is 7.24. The van der Waals surface area contributed by atoms with Crippen LogP contribution in [0.15, 0.2) is 41.6 Å². The van der Waals surface area contributed by atoms with Crippen molar-refractivity contribution in [2.75, 3.05) is 7.11 Å². The fourth-order valence-corrected chi connectivity index (χ4v) is 3.91. The molecule has 0 aliphatic rings. The molecule has 26 heavy (non-hydrogen) atoms. The van der Waals surface area contributed by atoms with Crippen molar-refractivity contribution in [2.45, 2.75) is 11.4 Å².